The Hall–Kier alpha value is -1.69. The molecule has 1 aliphatic carbocycles. The molecule has 2 aromatic rings. The molecule has 4 rings (SSSR count). The van der Waals surface area contributed by atoms with Gasteiger partial charge in [-0.15, -0.1) is 11.3 Å². The fourth-order valence-electron chi connectivity index (χ4n) is 4.31. The minimum atomic E-state index is 0.165. The number of aryl methyl sites for hydroxylation is 1. The molecule has 0 N–H and O–H groups in total. The van der Waals surface area contributed by atoms with Gasteiger partial charge in [-0.2, -0.15) is 0 Å². The molecule has 5 nitrogen and oxygen atoms in total. The van der Waals surface area contributed by atoms with Crippen molar-refractivity contribution in [2.45, 2.75) is 47.0 Å². The van der Waals surface area contributed by atoms with Crippen LogP contribution in [0.15, 0.2) is 6.33 Å². The highest BCUT2D eigenvalue weighted by molar-refractivity contribution is 7.19. The van der Waals surface area contributed by atoms with Gasteiger partial charge in [-0.25, -0.2) is 9.97 Å². The van der Waals surface area contributed by atoms with Crippen LogP contribution in [0.1, 0.15) is 44.6 Å². The quantitative estimate of drug-likeness (QED) is 0.769. The second-order valence-corrected chi connectivity index (χ2v) is 9.76. The van der Waals surface area contributed by atoms with Crippen molar-refractivity contribution in [2.75, 3.05) is 31.1 Å². The Balaban J connectivity index is 1.66. The maximum absolute atomic E-state index is 11.6. The third-order valence-corrected chi connectivity index (χ3v) is 7.24. The van der Waals surface area contributed by atoms with Crippen molar-refractivity contribution in [1.29, 1.82) is 0 Å². The molecule has 1 saturated heterocycles. The molecule has 140 valence electrons. The molecule has 6 heteroatoms. The van der Waals surface area contributed by atoms with E-state index in [0.717, 1.165) is 55.6 Å². The number of thiophene rings is 1. The molecular weight excluding hydrogens is 344 g/mol. The number of hydrogen-bond acceptors (Lipinski definition) is 5. The van der Waals surface area contributed by atoms with Crippen molar-refractivity contribution in [3.8, 4) is 0 Å². The first-order chi connectivity index (χ1) is 12.3. The maximum atomic E-state index is 11.6. The minimum absolute atomic E-state index is 0.165. The topological polar surface area (TPSA) is 49.3 Å². The molecule has 26 heavy (non-hydrogen) atoms. The lowest BCUT2D eigenvalue weighted by molar-refractivity contribution is -0.129. The standard InChI is InChI=1S/C20H28N4OS/c1-13(25)23-7-9-24(10-8-23)18-17-15-6-5-14(20(2,3)4)11-16(15)26-19(17)22-12-21-18/h12,14H,5-11H2,1-4H3/t14-/m0/s1. The molecule has 0 bridgehead atoms. The zero-order valence-corrected chi connectivity index (χ0v) is 17.0. The number of anilines is 1. The van der Waals surface area contributed by atoms with Crippen LogP contribution in [0.3, 0.4) is 0 Å². The minimum Gasteiger partial charge on any atom is -0.352 e. The monoisotopic (exact) mass is 372 g/mol. The van der Waals surface area contributed by atoms with Gasteiger partial charge in [0.05, 0.1) is 5.39 Å². The molecule has 1 fully saturated rings. The van der Waals surface area contributed by atoms with Gasteiger partial charge in [0.2, 0.25) is 5.91 Å². The first kappa shape index (κ1) is 17.7. The summed E-state index contributed by atoms with van der Waals surface area (Å²) in [5, 5.41) is 1.27. The summed E-state index contributed by atoms with van der Waals surface area (Å²) in [5.74, 6) is 1.97. The van der Waals surface area contributed by atoms with E-state index in [1.807, 2.05) is 16.2 Å². The largest absolute Gasteiger partial charge is 0.352 e. The van der Waals surface area contributed by atoms with Gasteiger partial charge < -0.3 is 9.80 Å². The SMILES string of the molecule is CC(=O)N1CCN(c2ncnc3sc4c(c23)CC[C@H](C(C)(C)C)C4)CC1. The summed E-state index contributed by atoms with van der Waals surface area (Å²) in [4.78, 5) is 27.8. The van der Waals surface area contributed by atoms with Crippen molar-refractivity contribution in [2.24, 2.45) is 11.3 Å². The van der Waals surface area contributed by atoms with Crippen LogP contribution in [0.25, 0.3) is 10.2 Å². The fraction of sp³-hybridized carbons (Fsp3) is 0.650. The lowest BCUT2D eigenvalue weighted by atomic mass is 9.72. The normalized spacial score (nSPS) is 21.2. The van der Waals surface area contributed by atoms with Crippen LogP contribution in [-0.2, 0) is 17.6 Å². The Morgan fingerprint density at radius 2 is 1.92 bits per heavy atom. The zero-order chi connectivity index (χ0) is 18.5. The lowest BCUT2D eigenvalue weighted by Gasteiger charge is -2.36. The van der Waals surface area contributed by atoms with E-state index in [4.69, 9.17) is 0 Å². The molecule has 3 heterocycles. The van der Waals surface area contributed by atoms with E-state index in [2.05, 4.69) is 35.6 Å². The van der Waals surface area contributed by atoms with E-state index in [-0.39, 0.29) is 5.91 Å². The predicted octanol–water partition coefficient (Wildman–Crippen LogP) is 3.51. The van der Waals surface area contributed by atoms with Gasteiger partial charge in [-0.1, -0.05) is 20.8 Å². The van der Waals surface area contributed by atoms with Gasteiger partial charge in [0.25, 0.3) is 0 Å². The third-order valence-electron chi connectivity index (χ3n) is 6.07. The molecule has 1 amide bonds. The summed E-state index contributed by atoms with van der Waals surface area (Å²) in [6.07, 6.45) is 5.25. The molecule has 0 saturated carbocycles. The lowest BCUT2D eigenvalue weighted by Crippen LogP contribution is -2.48. The molecule has 2 aromatic heterocycles. The highest BCUT2D eigenvalue weighted by atomic mass is 32.1. The number of nitrogens with zero attached hydrogens (tertiary/aromatic N) is 4. The van der Waals surface area contributed by atoms with E-state index >= 15 is 0 Å². The van der Waals surface area contributed by atoms with Gasteiger partial charge >= 0.3 is 0 Å². The number of aromatic nitrogens is 2. The number of carbonyl (C=O) groups is 1. The smallest absolute Gasteiger partial charge is 0.219 e. The maximum Gasteiger partial charge on any atom is 0.219 e. The Morgan fingerprint density at radius 1 is 1.19 bits per heavy atom. The molecular formula is C20H28N4OS. The van der Waals surface area contributed by atoms with Crippen LogP contribution in [0.2, 0.25) is 0 Å². The molecule has 0 unspecified atom stereocenters. The number of fused-ring (bicyclic) bond motifs is 3. The van der Waals surface area contributed by atoms with Crippen LogP contribution in [-0.4, -0.2) is 47.0 Å². The van der Waals surface area contributed by atoms with Crippen LogP contribution in [0.5, 0.6) is 0 Å². The Bertz CT molecular complexity index is 830. The zero-order valence-electron chi connectivity index (χ0n) is 16.2. The summed E-state index contributed by atoms with van der Waals surface area (Å²) in [5.41, 5.74) is 1.83. The van der Waals surface area contributed by atoms with E-state index in [9.17, 15) is 4.79 Å². The third kappa shape index (κ3) is 3.08. The first-order valence-electron chi connectivity index (χ1n) is 9.60. The molecule has 1 aliphatic heterocycles. The number of hydrogen-bond donors (Lipinski definition) is 0. The Morgan fingerprint density at radius 3 is 2.58 bits per heavy atom. The molecule has 0 aromatic carbocycles. The number of amides is 1. The average Bonchev–Trinajstić information content (AvgIpc) is 2.99. The molecule has 1 atom stereocenters. The summed E-state index contributed by atoms with van der Waals surface area (Å²) >= 11 is 1.86. The van der Waals surface area contributed by atoms with Gasteiger partial charge in [0.1, 0.15) is 17.0 Å². The van der Waals surface area contributed by atoms with Gasteiger partial charge in [-0.3, -0.25) is 4.79 Å². The number of carbonyl (C=O) groups excluding carboxylic acids is 1. The highest BCUT2D eigenvalue weighted by Gasteiger charge is 2.32. The van der Waals surface area contributed by atoms with Crippen molar-refractivity contribution < 1.29 is 4.79 Å². The van der Waals surface area contributed by atoms with E-state index in [1.165, 1.54) is 22.2 Å². The van der Waals surface area contributed by atoms with Crippen molar-refractivity contribution in [1.82, 2.24) is 14.9 Å². The molecule has 0 spiro atoms. The Labute approximate surface area is 159 Å². The second kappa shape index (κ2) is 6.48. The summed E-state index contributed by atoms with van der Waals surface area (Å²) in [7, 11) is 0. The van der Waals surface area contributed by atoms with E-state index in [1.54, 1.807) is 13.3 Å². The van der Waals surface area contributed by atoms with Crippen LogP contribution in [0, 0.1) is 11.3 Å². The average molecular weight is 373 g/mol. The highest BCUT2D eigenvalue weighted by Crippen LogP contribution is 2.44. The number of rotatable bonds is 1. The van der Waals surface area contributed by atoms with Crippen LogP contribution >= 0.6 is 11.3 Å². The summed E-state index contributed by atoms with van der Waals surface area (Å²) < 4.78 is 0. The predicted molar refractivity (Wildman–Crippen MR) is 107 cm³/mol. The van der Waals surface area contributed by atoms with Gasteiger partial charge in [-0.05, 0) is 36.2 Å². The summed E-state index contributed by atoms with van der Waals surface area (Å²) in [6.45, 7) is 12.0. The van der Waals surface area contributed by atoms with Crippen molar-refractivity contribution in [3.05, 3.63) is 16.8 Å². The Kier molecular flexibility index (Phi) is 4.41. The first-order valence-corrected chi connectivity index (χ1v) is 10.4. The fourth-order valence-corrected chi connectivity index (χ4v) is 5.57. The summed E-state index contributed by atoms with van der Waals surface area (Å²) in [6, 6.07) is 0. The van der Waals surface area contributed by atoms with Gasteiger partial charge in [0.15, 0.2) is 0 Å². The van der Waals surface area contributed by atoms with E-state index in [0.29, 0.717) is 5.41 Å². The van der Waals surface area contributed by atoms with Crippen molar-refractivity contribution >= 4 is 33.3 Å². The van der Waals surface area contributed by atoms with Crippen molar-refractivity contribution in [3.63, 3.8) is 0 Å². The molecule has 2 aliphatic rings. The molecule has 0 radical (unpaired) electrons. The van der Waals surface area contributed by atoms with E-state index < -0.39 is 0 Å². The van der Waals surface area contributed by atoms with Gasteiger partial charge in [0, 0.05) is 38.0 Å². The van der Waals surface area contributed by atoms with Crippen LogP contribution < -0.4 is 4.90 Å². The number of piperazine rings is 1. The second-order valence-electron chi connectivity index (χ2n) is 8.68. The van der Waals surface area contributed by atoms with Crippen LogP contribution in [0.4, 0.5) is 5.82 Å².